The van der Waals surface area contributed by atoms with E-state index in [0.717, 1.165) is 54.5 Å². The Balaban J connectivity index is 1.34. The zero-order chi connectivity index (χ0) is 23.5. The van der Waals surface area contributed by atoms with Crippen LogP contribution in [0.1, 0.15) is 36.0 Å². The number of nitrogens with zero attached hydrogens (tertiary/aromatic N) is 3. The van der Waals surface area contributed by atoms with E-state index in [2.05, 4.69) is 15.6 Å². The van der Waals surface area contributed by atoms with Gasteiger partial charge in [0, 0.05) is 32.1 Å². The molecular formula is C24H26ClF2N5O. The van der Waals surface area contributed by atoms with Crippen molar-refractivity contribution in [2.24, 2.45) is 5.92 Å². The normalized spacial score (nSPS) is 18.2. The van der Waals surface area contributed by atoms with E-state index in [9.17, 15) is 13.6 Å². The fourth-order valence-corrected chi connectivity index (χ4v) is 4.46. The van der Waals surface area contributed by atoms with Gasteiger partial charge in [0.15, 0.2) is 0 Å². The second kappa shape index (κ2) is 9.87. The molecule has 4 rings (SSSR count). The first-order valence-electron chi connectivity index (χ1n) is 11.0. The molecule has 0 unspecified atom stereocenters. The number of benzene rings is 2. The molecule has 2 aromatic carbocycles. The quantitative estimate of drug-likeness (QED) is 0.491. The van der Waals surface area contributed by atoms with Gasteiger partial charge in [-0.2, -0.15) is 4.98 Å². The van der Waals surface area contributed by atoms with Crippen LogP contribution in [-0.2, 0) is 0 Å². The predicted octanol–water partition coefficient (Wildman–Crippen LogP) is 5.03. The third-order valence-corrected chi connectivity index (χ3v) is 6.38. The van der Waals surface area contributed by atoms with Crippen LogP contribution in [0.3, 0.4) is 0 Å². The number of halogens is 3. The van der Waals surface area contributed by atoms with E-state index in [1.54, 1.807) is 0 Å². The molecule has 1 heterocycles. The summed E-state index contributed by atoms with van der Waals surface area (Å²) < 4.78 is 27.5. The Kier molecular flexibility index (Phi) is 6.93. The number of carbonyl (C=O) groups is 1. The Bertz CT molecular complexity index is 1170. The third-order valence-electron chi connectivity index (χ3n) is 6.01. The number of carbonyl (C=O) groups excluding carboxylic acids is 1. The number of rotatable bonds is 6. The highest BCUT2D eigenvalue weighted by Gasteiger charge is 2.24. The number of fused-ring (bicyclic) bond motifs is 1. The van der Waals surface area contributed by atoms with E-state index < -0.39 is 28.1 Å². The summed E-state index contributed by atoms with van der Waals surface area (Å²) in [5.74, 6) is -0.634. The molecule has 1 fully saturated rings. The van der Waals surface area contributed by atoms with Crippen molar-refractivity contribution in [2.75, 3.05) is 30.9 Å². The van der Waals surface area contributed by atoms with Crippen molar-refractivity contribution < 1.29 is 13.6 Å². The minimum atomic E-state index is -0.834. The summed E-state index contributed by atoms with van der Waals surface area (Å²) in [6.07, 6.45) is 3.54. The molecule has 174 valence electrons. The smallest absolute Gasteiger partial charge is 0.255 e. The summed E-state index contributed by atoms with van der Waals surface area (Å²) in [5.41, 5.74) is 0.440. The van der Waals surface area contributed by atoms with Crippen LogP contribution in [0.5, 0.6) is 0 Å². The molecule has 2 N–H and O–H groups in total. The van der Waals surface area contributed by atoms with E-state index in [1.165, 1.54) is 0 Å². The van der Waals surface area contributed by atoms with Gasteiger partial charge < -0.3 is 15.5 Å². The van der Waals surface area contributed by atoms with Crippen molar-refractivity contribution in [3.63, 3.8) is 0 Å². The van der Waals surface area contributed by atoms with Crippen molar-refractivity contribution in [3.05, 3.63) is 58.6 Å². The number of hydrogen-bond donors (Lipinski definition) is 2. The zero-order valence-electron chi connectivity index (χ0n) is 18.5. The molecule has 6 nitrogen and oxygen atoms in total. The molecule has 1 saturated carbocycles. The highest BCUT2D eigenvalue weighted by Crippen LogP contribution is 2.29. The molecule has 0 atom stereocenters. The molecule has 0 aliphatic heterocycles. The number of amides is 1. The number of para-hydroxylation sites is 1. The lowest BCUT2D eigenvalue weighted by molar-refractivity contribution is 0.0939. The third kappa shape index (κ3) is 5.16. The van der Waals surface area contributed by atoms with Crippen molar-refractivity contribution in [1.29, 1.82) is 0 Å². The Labute approximate surface area is 196 Å². The van der Waals surface area contributed by atoms with Gasteiger partial charge in [-0.1, -0.05) is 23.7 Å². The molecule has 1 aliphatic carbocycles. The Hall–Kier alpha value is -3.00. The van der Waals surface area contributed by atoms with E-state index in [0.29, 0.717) is 12.5 Å². The number of hydrogen-bond acceptors (Lipinski definition) is 5. The molecule has 33 heavy (non-hydrogen) atoms. The molecule has 0 radical (unpaired) electrons. The molecule has 0 saturated heterocycles. The summed E-state index contributed by atoms with van der Waals surface area (Å²) in [6.45, 7) is 0.384. The van der Waals surface area contributed by atoms with Gasteiger partial charge in [-0.25, -0.2) is 13.8 Å². The second-order valence-electron chi connectivity index (χ2n) is 8.57. The summed E-state index contributed by atoms with van der Waals surface area (Å²) in [5, 5.41) is 6.67. The predicted molar refractivity (Wildman–Crippen MR) is 127 cm³/mol. The van der Waals surface area contributed by atoms with Gasteiger partial charge in [-0.3, -0.25) is 4.79 Å². The van der Waals surface area contributed by atoms with E-state index >= 15 is 0 Å². The number of anilines is 2. The van der Waals surface area contributed by atoms with Crippen molar-refractivity contribution in [3.8, 4) is 0 Å². The fraction of sp³-hybridized carbons (Fsp3) is 0.375. The Morgan fingerprint density at radius 2 is 1.76 bits per heavy atom. The van der Waals surface area contributed by atoms with Crippen LogP contribution in [-0.4, -0.2) is 42.6 Å². The van der Waals surface area contributed by atoms with Crippen LogP contribution in [0.2, 0.25) is 5.02 Å². The molecule has 1 aliphatic rings. The standard InChI is InChI=1S/C24H26ClF2N5O/c1-32(2)22-16-5-3-4-6-19(16)30-24(31-22)29-15-9-7-14(8-10-15)13-28-23(33)20-17(26)11-12-18(27)21(20)25/h3-6,11-12,14-15H,7-10,13H2,1-2H3,(H,28,33)(H,29,30,31). The maximum absolute atomic E-state index is 13.9. The van der Waals surface area contributed by atoms with E-state index in [-0.39, 0.29) is 12.0 Å². The molecule has 0 bridgehead atoms. The van der Waals surface area contributed by atoms with Crippen LogP contribution < -0.4 is 15.5 Å². The van der Waals surface area contributed by atoms with E-state index in [4.69, 9.17) is 16.6 Å². The van der Waals surface area contributed by atoms with Crippen LogP contribution in [0.25, 0.3) is 10.9 Å². The zero-order valence-corrected chi connectivity index (χ0v) is 19.3. The monoisotopic (exact) mass is 473 g/mol. The van der Waals surface area contributed by atoms with Gasteiger partial charge in [-0.15, -0.1) is 0 Å². The Morgan fingerprint density at radius 3 is 2.48 bits per heavy atom. The van der Waals surface area contributed by atoms with Crippen molar-refractivity contribution in [2.45, 2.75) is 31.7 Å². The maximum atomic E-state index is 13.9. The average Bonchev–Trinajstić information content (AvgIpc) is 2.80. The summed E-state index contributed by atoms with van der Waals surface area (Å²) >= 11 is 5.78. The largest absolute Gasteiger partial charge is 0.362 e. The number of nitrogens with one attached hydrogen (secondary N) is 2. The van der Waals surface area contributed by atoms with Gasteiger partial charge in [0.2, 0.25) is 5.95 Å². The average molecular weight is 474 g/mol. The summed E-state index contributed by atoms with van der Waals surface area (Å²) in [7, 11) is 3.92. The summed E-state index contributed by atoms with van der Waals surface area (Å²) in [4.78, 5) is 23.7. The first-order valence-corrected chi connectivity index (χ1v) is 11.3. The van der Waals surface area contributed by atoms with Crippen LogP contribution in [0, 0.1) is 17.6 Å². The lowest BCUT2D eigenvalue weighted by Gasteiger charge is -2.29. The minimum absolute atomic E-state index is 0.225. The summed E-state index contributed by atoms with van der Waals surface area (Å²) in [6, 6.07) is 9.96. The highest BCUT2D eigenvalue weighted by molar-refractivity contribution is 6.34. The Morgan fingerprint density at radius 1 is 1.06 bits per heavy atom. The van der Waals surface area contributed by atoms with Gasteiger partial charge in [0.25, 0.3) is 5.91 Å². The van der Waals surface area contributed by atoms with Crippen LogP contribution >= 0.6 is 11.6 Å². The molecule has 1 amide bonds. The fourth-order valence-electron chi connectivity index (χ4n) is 4.22. The van der Waals surface area contributed by atoms with E-state index in [1.807, 2.05) is 43.3 Å². The first kappa shape index (κ1) is 23.2. The van der Waals surface area contributed by atoms with Crippen molar-refractivity contribution in [1.82, 2.24) is 15.3 Å². The molecule has 1 aromatic heterocycles. The van der Waals surface area contributed by atoms with Gasteiger partial charge in [-0.05, 0) is 55.9 Å². The molecular weight excluding hydrogens is 448 g/mol. The lowest BCUT2D eigenvalue weighted by atomic mass is 9.86. The van der Waals surface area contributed by atoms with Crippen LogP contribution in [0.15, 0.2) is 36.4 Å². The second-order valence-corrected chi connectivity index (χ2v) is 8.95. The lowest BCUT2D eigenvalue weighted by Crippen LogP contribution is -2.34. The van der Waals surface area contributed by atoms with Gasteiger partial charge in [0.1, 0.15) is 17.5 Å². The van der Waals surface area contributed by atoms with Gasteiger partial charge >= 0.3 is 0 Å². The minimum Gasteiger partial charge on any atom is -0.362 e. The van der Waals surface area contributed by atoms with Crippen LogP contribution in [0.4, 0.5) is 20.5 Å². The molecule has 0 spiro atoms. The maximum Gasteiger partial charge on any atom is 0.255 e. The first-order chi connectivity index (χ1) is 15.8. The SMILES string of the molecule is CN(C)c1nc(NC2CCC(CNC(=O)c3c(F)ccc(F)c3Cl)CC2)nc2ccccc12. The van der Waals surface area contributed by atoms with Crippen molar-refractivity contribution >= 4 is 40.2 Å². The molecule has 9 heteroatoms. The molecule has 3 aromatic rings. The topological polar surface area (TPSA) is 70.2 Å². The number of aromatic nitrogens is 2. The highest BCUT2D eigenvalue weighted by atomic mass is 35.5. The van der Waals surface area contributed by atoms with Gasteiger partial charge in [0.05, 0.1) is 16.1 Å².